The SMILES string of the molecule is CC(C(=O)O)N(C(=O)c1cccc(NC(=O)C2CCCCC2)c1)C1CC1. The zero-order valence-corrected chi connectivity index (χ0v) is 15.1. The molecule has 1 aromatic rings. The van der Waals surface area contributed by atoms with Gasteiger partial charge < -0.3 is 15.3 Å². The van der Waals surface area contributed by atoms with E-state index in [1.165, 1.54) is 18.2 Å². The standard InChI is InChI=1S/C20H26N2O4/c1-13(20(25)26)22(17-10-11-17)19(24)15-8-5-9-16(12-15)21-18(23)14-6-3-2-4-7-14/h5,8-9,12-14,17H,2-4,6-7,10-11H2,1H3,(H,21,23)(H,25,26). The Morgan fingerprint density at radius 2 is 1.81 bits per heavy atom. The molecule has 3 rings (SSSR count). The molecule has 6 heteroatoms. The average Bonchev–Trinajstić information content (AvgIpc) is 3.47. The summed E-state index contributed by atoms with van der Waals surface area (Å²) < 4.78 is 0. The number of hydrogen-bond acceptors (Lipinski definition) is 3. The van der Waals surface area contributed by atoms with Gasteiger partial charge in [0, 0.05) is 23.2 Å². The Bertz CT molecular complexity index is 693. The van der Waals surface area contributed by atoms with E-state index in [2.05, 4.69) is 5.32 Å². The van der Waals surface area contributed by atoms with Crippen LogP contribution in [-0.4, -0.2) is 39.9 Å². The van der Waals surface area contributed by atoms with E-state index in [1.54, 1.807) is 24.3 Å². The van der Waals surface area contributed by atoms with Crippen molar-refractivity contribution in [3.8, 4) is 0 Å². The van der Waals surface area contributed by atoms with Crippen LogP contribution < -0.4 is 5.32 Å². The molecular weight excluding hydrogens is 332 g/mol. The molecule has 0 saturated heterocycles. The minimum absolute atomic E-state index is 0.00548. The molecule has 1 atom stereocenters. The Morgan fingerprint density at radius 1 is 1.12 bits per heavy atom. The van der Waals surface area contributed by atoms with E-state index < -0.39 is 12.0 Å². The van der Waals surface area contributed by atoms with Crippen LogP contribution in [0.4, 0.5) is 5.69 Å². The maximum atomic E-state index is 12.9. The first kappa shape index (κ1) is 18.4. The number of carbonyl (C=O) groups is 3. The molecule has 2 aliphatic carbocycles. The Kier molecular flexibility index (Phi) is 5.59. The lowest BCUT2D eigenvalue weighted by Gasteiger charge is -2.26. The third-order valence-electron chi connectivity index (χ3n) is 5.30. The summed E-state index contributed by atoms with van der Waals surface area (Å²) in [6.07, 6.45) is 6.85. The van der Waals surface area contributed by atoms with Gasteiger partial charge in [-0.25, -0.2) is 4.79 Å². The van der Waals surface area contributed by atoms with Crippen molar-refractivity contribution >= 4 is 23.5 Å². The number of amides is 2. The molecule has 2 fully saturated rings. The molecule has 2 saturated carbocycles. The summed E-state index contributed by atoms with van der Waals surface area (Å²) in [6, 6.07) is 5.93. The van der Waals surface area contributed by atoms with E-state index in [1.807, 2.05) is 0 Å². The van der Waals surface area contributed by atoms with Gasteiger partial charge in [0.25, 0.3) is 5.91 Å². The first-order valence-electron chi connectivity index (χ1n) is 9.44. The molecule has 26 heavy (non-hydrogen) atoms. The number of anilines is 1. The monoisotopic (exact) mass is 358 g/mol. The van der Waals surface area contributed by atoms with Crippen molar-refractivity contribution < 1.29 is 19.5 Å². The van der Waals surface area contributed by atoms with Crippen molar-refractivity contribution in [2.75, 3.05) is 5.32 Å². The van der Waals surface area contributed by atoms with Gasteiger partial charge in [0.2, 0.25) is 5.91 Å². The van der Waals surface area contributed by atoms with Crippen LogP contribution in [0.3, 0.4) is 0 Å². The molecule has 0 heterocycles. The molecule has 0 aromatic heterocycles. The van der Waals surface area contributed by atoms with Crippen molar-refractivity contribution in [3.05, 3.63) is 29.8 Å². The third-order valence-corrected chi connectivity index (χ3v) is 5.30. The first-order valence-corrected chi connectivity index (χ1v) is 9.44. The second-order valence-electron chi connectivity index (χ2n) is 7.36. The van der Waals surface area contributed by atoms with Gasteiger partial charge in [-0.05, 0) is 50.8 Å². The van der Waals surface area contributed by atoms with Crippen molar-refractivity contribution in [2.24, 2.45) is 5.92 Å². The molecule has 2 N–H and O–H groups in total. The average molecular weight is 358 g/mol. The van der Waals surface area contributed by atoms with E-state index >= 15 is 0 Å². The molecule has 2 aliphatic rings. The molecule has 2 amide bonds. The van der Waals surface area contributed by atoms with Crippen molar-refractivity contribution in [1.82, 2.24) is 4.90 Å². The van der Waals surface area contributed by atoms with Gasteiger partial charge in [-0.15, -0.1) is 0 Å². The minimum atomic E-state index is -1.01. The van der Waals surface area contributed by atoms with Gasteiger partial charge in [0.05, 0.1) is 0 Å². The molecule has 0 radical (unpaired) electrons. The quantitative estimate of drug-likeness (QED) is 0.817. The Balaban J connectivity index is 1.72. The molecule has 140 valence electrons. The number of nitrogens with zero attached hydrogens (tertiary/aromatic N) is 1. The summed E-state index contributed by atoms with van der Waals surface area (Å²) >= 11 is 0. The predicted octanol–water partition coefficient (Wildman–Crippen LogP) is 3.28. The van der Waals surface area contributed by atoms with Crippen LogP contribution >= 0.6 is 0 Å². The maximum absolute atomic E-state index is 12.9. The fraction of sp³-hybridized carbons (Fsp3) is 0.550. The molecule has 0 aliphatic heterocycles. The van der Waals surface area contributed by atoms with E-state index in [0.717, 1.165) is 38.5 Å². The van der Waals surface area contributed by atoms with Crippen molar-refractivity contribution in [1.29, 1.82) is 0 Å². The van der Waals surface area contributed by atoms with Gasteiger partial charge in [0.1, 0.15) is 6.04 Å². The molecule has 6 nitrogen and oxygen atoms in total. The Labute approximate surface area is 153 Å². The summed E-state index contributed by atoms with van der Waals surface area (Å²) in [6.45, 7) is 1.53. The van der Waals surface area contributed by atoms with Crippen LogP contribution in [0.25, 0.3) is 0 Å². The fourth-order valence-corrected chi connectivity index (χ4v) is 3.62. The Morgan fingerprint density at radius 3 is 2.42 bits per heavy atom. The van der Waals surface area contributed by atoms with E-state index in [0.29, 0.717) is 11.3 Å². The summed E-state index contributed by atoms with van der Waals surface area (Å²) in [5.41, 5.74) is 0.997. The number of rotatable bonds is 6. The highest BCUT2D eigenvalue weighted by molar-refractivity contribution is 5.99. The van der Waals surface area contributed by atoms with Gasteiger partial charge >= 0.3 is 5.97 Å². The predicted molar refractivity (Wildman–Crippen MR) is 97.9 cm³/mol. The fourth-order valence-electron chi connectivity index (χ4n) is 3.62. The third kappa shape index (κ3) is 4.23. The zero-order valence-electron chi connectivity index (χ0n) is 15.1. The highest BCUT2D eigenvalue weighted by Gasteiger charge is 2.38. The van der Waals surface area contributed by atoms with Gasteiger partial charge in [-0.1, -0.05) is 25.3 Å². The number of carboxylic acids is 1. The van der Waals surface area contributed by atoms with Gasteiger partial charge in [-0.2, -0.15) is 0 Å². The number of benzene rings is 1. The van der Waals surface area contributed by atoms with Crippen LogP contribution in [-0.2, 0) is 9.59 Å². The molecule has 1 unspecified atom stereocenters. The first-order chi connectivity index (χ1) is 12.5. The molecular formula is C20H26N2O4. The second kappa shape index (κ2) is 7.89. The van der Waals surface area contributed by atoms with Crippen LogP contribution in [0.1, 0.15) is 62.2 Å². The number of carbonyl (C=O) groups excluding carboxylic acids is 2. The highest BCUT2D eigenvalue weighted by Crippen LogP contribution is 2.31. The lowest BCUT2D eigenvalue weighted by atomic mass is 9.88. The van der Waals surface area contributed by atoms with Crippen LogP contribution in [0.5, 0.6) is 0 Å². The largest absolute Gasteiger partial charge is 0.480 e. The minimum Gasteiger partial charge on any atom is -0.480 e. The smallest absolute Gasteiger partial charge is 0.326 e. The van der Waals surface area contributed by atoms with Gasteiger partial charge in [-0.3, -0.25) is 9.59 Å². The molecule has 0 spiro atoms. The number of hydrogen-bond donors (Lipinski definition) is 2. The number of aliphatic carboxylic acids is 1. The Hall–Kier alpha value is -2.37. The van der Waals surface area contributed by atoms with Crippen molar-refractivity contribution in [2.45, 2.75) is 64.0 Å². The summed E-state index contributed by atoms with van der Waals surface area (Å²) in [5.74, 6) is -1.26. The summed E-state index contributed by atoms with van der Waals surface area (Å²) in [7, 11) is 0. The topological polar surface area (TPSA) is 86.7 Å². The van der Waals surface area contributed by atoms with E-state index in [4.69, 9.17) is 0 Å². The van der Waals surface area contributed by atoms with Crippen molar-refractivity contribution in [3.63, 3.8) is 0 Å². The normalized spacial score (nSPS) is 18.8. The molecule has 0 bridgehead atoms. The molecule has 1 aromatic carbocycles. The lowest BCUT2D eigenvalue weighted by Crippen LogP contribution is -2.44. The lowest BCUT2D eigenvalue weighted by molar-refractivity contribution is -0.141. The summed E-state index contributed by atoms with van der Waals surface area (Å²) in [5, 5.41) is 12.2. The zero-order chi connectivity index (χ0) is 18.7. The van der Waals surface area contributed by atoms with Gasteiger partial charge in [0.15, 0.2) is 0 Å². The van der Waals surface area contributed by atoms with Crippen LogP contribution in [0.15, 0.2) is 24.3 Å². The summed E-state index contributed by atoms with van der Waals surface area (Å²) in [4.78, 5) is 38.1. The maximum Gasteiger partial charge on any atom is 0.326 e. The number of carboxylic acid groups (broad SMARTS) is 1. The van der Waals surface area contributed by atoms with E-state index in [-0.39, 0.29) is 23.8 Å². The van der Waals surface area contributed by atoms with Crippen LogP contribution in [0.2, 0.25) is 0 Å². The highest BCUT2D eigenvalue weighted by atomic mass is 16.4. The number of nitrogens with one attached hydrogen (secondary N) is 1. The second-order valence-corrected chi connectivity index (χ2v) is 7.36. The van der Waals surface area contributed by atoms with E-state index in [9.17, 15) is 19.5 Å². The van der Waals surface area contributed by atoms with Crippen LogP contribution in [0, 0.1) is 5.92 Å².